The summed E-state index contributed by atoms with van der Waals surface area (Å²) in [7, 11) is 0. The first-order chi connectivity index (χ1) is 12.1. The van der Waals surface area contributed by atoms with Gasteiger partial charge in [-0.25, -0.2) is 0 Å². The van der Waals surface area contributed by atoms with Crippen LogP contribution in [0.25, 0.3) is 0 Å². The number of nitrogens with zero attached hydrogens (tertiary/aromatic N) is 4. The van der Waals surface area contributed by atoms with Crippen molar-refractivity contribution in [2.24, 2.45) is 0 Å². The van der Waals surface area contributed by atoms with E-state index >= 15 is 0 Å². The van der Waals surface area contributed by atoms with Gasteiger partial charge in [-0.15, -0.1) is 10.2 Å². The van der Waals surface area contributed by atoms with Crippen LogP contribution in [0.15, 0.2) is 27.2 Å². The highest BCUT2D eigenvalue weighted by atomic mass is 32.2. The molecule has 25 heavy (non-hydrogen) atoms. The number of hydrogen-bond acceptors (Lipinski definition) is 8. The highest BCUT2D eigenvalue weighted by molar-refractivity contribution is 8.01. The van der Waals surface area contributed by atoms with Gasteiger partial charge in [0.25, 0.3) is 0 Å². The molecule has 0 radical (unpaired) electrons. The van der Waals surface area contributed by atoms with Gasteiger partial charge >= 0.3 is 0 Å². The van der Waals surface area contributed by atoms with Crippen LogP contribution in [0.5, 0.6) is 0 Å². The summed E-state index contributed by atoms with van der Waals surface area (Å²) in [4.78, 5) is 27.1. The lowest BCUT2D eigenvalue weighted by atomic mass is 10.3. The SMILES string of the molecule is CC(=O)N1CCN(C(=O)CSc2nnc(NCc3ccco3)s2)CC1. The van der Waals surface area contributed by atoms with Crippen molar-refractivity contribution in [3.8, 4) is 0 Å². The maximum absolute atomic E-state index is 12.3. The number of rotatable bonds is 6. The molecule has 8 nitrogen and oxygen atoms in total. The fourth-order valence-electron chi connectivity index (χ4n) is 2.40. The number of anilines is 1. The van der Waals surface area contributed by atoms with Crippen LogP contribution < -0.4 is 5.32 Å². The maximum Gasteiger partial charge on any atom is 0.233 e. The molecule has 0 atom stereocenters. The lowest BCUT2D eigenvalue weighted by Crippen LogP contribution is -2.50. The van der Waals surface area contributed by atoms with Crippen molar-refractivity contribution >= 4 is 40.0 Å². The Morgan fingerprint density at radius 2 is 2.04 bits per heavy atom. The highest BCUT2D eigenvalue weighted by Gasteiger charge is 2.22. The normalized spacial score (nSPS) is 14.6. The van der Waals surface area contributed by atoms with Gasteiger partial charge < -0.3 is 19.5 Å². The molecule has 1 aliphatic heterocycles. The van der Waals surface area contributed by atoms with Crippen LogP contribution in [-0.4, -0.2) is 63.7 Å². The van der Waals surface area contributed by atoms with Gasteiger partial charge in [-0.1, -0.05) is 23.1 Å². The Bertz CT molecular complexity index is 711. The fraction of sp³-hybridized carbons (Fsp3) is 0.467. The molecule has 0 saturated carbocycles. The van der Waals surface area contributed by atoms with E-state index in [0.29, 0.717) is 43.6 Å². The number of furan rings is 1. The summed E-state index contributed by atoms with van der Waals surface area (Å²) in [6, 6.07) is 3.72. The number of amides is 2. The molecule has 0 aromatic carbocycles. The van der Waals surface area contributed by atoms with Crippen molar-refractivity contribution in [2.45, 2.75) is 17.8 Å². The lowest BCUT2D eigenvalue weighted by molar-refractivity contribution is -0.136. The Morgan fingerprint density at radius 3 is 2.72 bits per heavy atom. The topological polar surface area (TPSA) is 91.6 Å². The van der Waals surface area contributed by atoms with Crippen LogP contribution in [0.2, 0.25) is 0 Å². The quantitative estimate of drug-likeness (QED) is 0.759. The third kappa shape index (κ3) is 4.95. The molecule has 2 aromatic heterocycles. The van der Waals surface area contributed by atoms with E-state index in [1.807, 2.05) is 12.1 Å². The summed E-state index contributed by atoms with van der Waals surface area (Å²) in [6.45, 7) is 4.48. The number of aromatic nitrogens is 2. The van der Waals surface area contributed by atoms with Crippen molar-refractivity contribution in [3.05, 3.63) is 24.2 Å². The maximum atomic E-state index is 12.3. The Kier molecular flexibility index (Phi) is 5.92. The van der Waals surface area contributed by atoms with Crippen LogP contribution in [0, 0.1) is 0 Å². The zero-order chi connectivity index (χ0) is 17.6. The first-order valence-electron chi connectivity index (χ1n) is 7.87. The van der Waals surface area contributed by atoms with Gasteiger partial charge in [0.15, 0.2) is 4.34 Å². The Hall–Kier alpha value is -2.07. The largest absolute Gasteiger partial charge is 0.467 e. The predicted molar refractivity (Wildman–Crippen MR) is 95.5 cm³/mol. The second-order valence-electron chi connectivity index (χ2n) is 5.48. The van der Waals surface area contributed by atoms with Crippen LogP contribution in [0.4, 0.5) is 5.13 Å². The smallest absolute Gasteiger partial charge is 0.233 e. The average Bonchev–Trinajstić information content (AvgIpc) is 3.29. The highest BCUT2D eigenvalue weighted by Crippen LogP contribution is 2.26. The minimum absolute atomic E-state index is 0.0601. The summed E-state index contributed by atoms with van der Waals surface area (Å²) in [6.07, 6.45) is 1.63. The van der Waals surface area contributed by atoms with Crippen molar-refractivity contribution in [1.29, 1.82) is 0 Å². The minimum atomic E-state index is 0.0601. The average molecular weight is 381 g/mol. The number of carbonyl (C=O) groups excluding carboxylic acids is 2. The number of thioether (sulfide) groups is 1. The fourth-order valence-corrected chi connectivity index (χ4v) is 4.05. The molecular formula is C15H19N5O3S2. The van der Waals surface area contributed by atoms with Crippen molar-refractivity contribution < 1.29 is 14.0 Å². The molecule has 2 aromatic rings. The van der Waals surface area contributed by atoms with Crippen molar-refractivity contribution in [2.75, 3.05) is 37.2 Å². The van der Waals surface area contributed by atoms with E-state index < -0.39 is 0 Å². The molecule has 10 heteroatoms. The second kappa shape index (κ2) is 8.34. The number of piperazine rings is 1. The van der Waals surface area contributed by atoms with Gasteiger partial charge in [-0.05, 0) is 12.1 Å². The van der Waals surface area contributed by atoms with Crippen LogP contribution in [-0.2, 0) is 16.1 Å². The third-order valence-electron chi connectivity index (χ3n) is 3.80. The van der Waals surface area contributed by atoms with E-state index in [1.54, 1.807) is 23.0 Å². The minimum Gasteiger partial charge on any atom is -0.467 e. The Morgan fingerprint density at radius 1 is 1.28 bits per heavy atom. The van der Waals surface area contributed by atoms with E-state index in [-0.39, 0.29) is 11.8 Å². The van der Waals surface area contributed by atoms with Crippen molar-refractivity contribution in [1.82, 2.24) is 20.0 Å². The first-order valence-corrected chi connectivity index (χ1v) is 9.68. The van der Waals surface area contributed by atoms with Crippen molar-refractivity contribution in [3.63, 3.8) is 0 Å². The van der Waals surface area contributed by atoms with Gasteiger partial charge in [0, 0.05) is 33.1 Å². The van der Waals surface area contributed by atoms with E-state index in [0.717, 1.165) is 10.1 Å². The zero-order valence-corrected chi connectivity index (χ0v) is 15.4. The number of carbonyl (C=O) groups is 2. The van der Waals surface area contributed by atoms with Crippen LogP contribution in [0.3, 0.4) is 0 Å². The van der Waals surface area contributed by atoms with E-state index in [4.69, 9.17) is 4.42 Å². The molecule has 2 amide bonds. The molecule has 1 fully saturated rings. The third-order valence-corrected chi connectivity index (χ3v) is 5.80. The Labute approximate surface area is 153 Å². The zero-order valence-electron chi connectivity index (χ0n) is 13.8. The molecular weight excluding hydrogens is 362 g/mol. The summed E-state index contributed by atoms with van der Waals surface area (Å²) in [5.41, 5.74) is 0. The molecule has 3 rings (SSSR count). The molecule has 0 spiro atoms. The van der Waals surface area contributed by atoms with Gasteiger partial charge in [0.05, 0.1) is 18.6 Å². The molecule has 1 aliphatic rings. The summed E-state index contributed by atoms with van der Waals surface area (Å²) in [5, 5.41) is 12.0. The molecule has 1 saturated heterocycles. The Balaban J connectivity index is 1.41. The van der Waals surface area contributed by atoms with Gasteiger partial charge in [0.2, 0.25) is 16.9 Å². The van der Waals surface area contributed by atoms with Crippen LogP contribution >= 0.6 is 23.1 Å². The summed E-state index contributed by atoms with van der Waals surface area (Å²) in [5.74, 6) is 1.27. The molecule has 0 aliphatic carbocycles. The van der Waals surface area contributed by atoms with E-state index in [1.165, 1.54) is 23.1 Å². The molecule has 134 valence electrons. The monoisotopic (exact) mass is 381 g/mol. The summed E-state index contributed by atoms with van der Waals surface area (Å²) < 4.78 is 5.99. The van der Waals surface area contributed by atoms with Gasteiger partial charge in [-0.2, -0.15) is 0 Å². The van der Waals surface area contributed by atoms with E-state index in [9.17, 15) is 9.59 Å². The molecule has 1 N–H and O–H groups in total. The molecule has 3 heterocycles. The lowest BCUT2D eigenvalue weighted by Gasteiger charge is -2.34. The van der Waals surface area contributed by atoms with Crippen LogP contribution in [0.1, 0.15) is 12.7 Å². The molecule has 0 unspecified atom stereocenters. The van der Waals surface area contributed by atoms with E-state index in [2.05, 4.69) is 15.5 Å². The predicted octanol–water partition coefficient (Wildman–Crippen LogP) is 1.53. The van der Waals surface area contributed by atoms with Gasteiger partial charge in [-0.3, -0.25) is 9.59 Å². The van der Waals surface area contributed by atoms with Gasteiger partial charge in [0.1, 0.15) is 5.76 Å². The number of hydrogen-bond donors (Lipinski definition) is 1. The first kappa shape index (κ1) is 17.7. The standard InChI is InChI=1S/C15H19N5O3S2/c1-11(21)19-4-6-20(7-5-19)13(22)10-24-15-18-17-14(25-15)16-9-12-3-2-8-23-12/h2-3,8H,4-7,9-10H2,1H3,(H,16,17). The molecule has 0 bridgehead atoms. The summed E-state index contributed by atoms with van der Waals surface area (Å²) >= 11 is 2.80. The second-order valence-corrected chi connectivity index (χ2v) is 7.68. The number of nitrogens with one attached hydrogen (secondary N) is 1.